The maximum absolute atomic E-state index is 13.1. The maximum atomic E-state index is 13.1. The van der Waals surface area contributed by atoms with Crippen molar-refractivity contribution < 1.29 is 18.0 Å². The van der Waals surface area contributed by atoms with Gasteiger partial charge < -0.3 is 10.6 Å². The van der Waals surface area contributed by atoms with Gasteiger partial charge in [0.25, 0.3) is 5.91 Å². The summed E-state index contributed by atoms with van der Waals surface area (Å²) in [5.74, 6) is -0.761. The molecule has 0 aromatic heterocycles. The van der Waals surface area contributed by atoms with Gasteiger partial charge in [-0.05, 0) is 62.7 Å². The number of carbonyl (C=O) groups is 2. The van der Waals surface area contributed by atoms with Crippen molar-refractivity contribution in [2.24, 2.45) is 0 Å². The SMILES string of the molecule is CC(C)(C)NS(=O)(=O)c1ccc(NC(=O)C(Cc2ccccc2)NC(=O)c2ccccc2)cc1. The lowest BCUT2D eigenvalue weighted by Gasteiger charge is -2.21. The third-order valence-electron chi connectivity index (χ3n) is 4.81. The first-order valence-corrected chi connectivity index (χ1v) is 12.4. The molecule has 0 aliphatic carbocycles. The molecule has 0 radical (unpaired) electrons. The van der Waals surface area contributed by atoms with E-state index in [4.69, 9.17) is 0 Å². The van der Waals surface area contributed by atoms with Crippen LogP contribution in [-0.2, 0) is 21.2 Å². The summed E-state index contributed by atoms with van der Waals surface area (Å²) in [6.45, 7) is 5.28. The maximum Gasteiger partial charge on any atom is 0.251 e. The topological polar surface area (TPSA) is 104 Å². The molecule has 0 heterocycles. The molecule has 178 valence electrons. The first-order chi connectivity index (χ1) is 16.0. The normalized spacial score (nSPS) is 12.6. The minimum absolute atomic E-state index is 0.0960. The van der Waals surface area contributed by atoms with Gasteiger partial charge in [-0.2, -0.15) is 0 Å². The van der Waals surface area contributed by atoms with Crippen molar-refractivity contribution >= 4 is 27.5 Å². The fourth-order valence-corrected chi connectivity index (χ4v) is 4.72. The first kappa shape index (κ1) is 25.1. The summed E-state index contributed by atoms with van der Waals surface area (Å²) in [5.41, 5.74) is 1.15. The van der Waals surface area contributed by atoms with E-state index in [1.165, 1.54) is 24.3 Å². The van der Waals surface area contributed by atoms with Gasteiger partial charge >= 0.3 is 0 Å². The van der Waals surface area contributed by atoms with E-state index in [9.17, 15) is 18.0 Å². The number of nitrogens with one attached hydrogen (secondary N) is 3. The second-order valence-electron chi connectivity index (χ2n) is 8.95. The molecule has 3 N–H and O–H groups in total. The molecule has 3 aromatic carbocycles. The van der Waals surface area contributed by atoms with Crippen LogP contribution < -0.4 is 15.4 Å². The van der Waals surface area contributed by atoms with E-state index in [1.807, 2.05) is 36.4 Å². The van der Waals surface area contributed by atoms with E-state index in [1.54, 1.807) is 45.0 Å². The average Bonchev–Trinajstić information content (AvgIpc) is 2.78. The van der Waals surface area contributed by atoms with Crippen LogP contribution in [0.1, 0.15) is 36.7 Å². The van der Waals surface area contributed by atoms with Crippen molar-refractivity contribution in [1.29, 1.82) is 0 Å². The Kier molecular flexibility index (Phi) is 7.86. The Morgan fingerprint density at radius 3 is 1.94 bits per heavy atom. The third kappa shape index (κ3) is 7.26. The highest BCUT2D eigenvalue weighted by molar-refractivity contribution is 7.89. The molecule has 0 bridgehead atoms. The van der Waals surface area contributed by atoms with Crippen molar-refractivity contribution in [2.45, 2.75) is 43.7 Å². The molecule has 7 nitrogen and oxygen atoms in total. The third-order valence-corrected chi connectivity index (χ3v) is 6.59. The Balaban J connectivity index is 1.76. The van der Waals surface area contributed by atoms with E-state index < -0.39 is 27.5 Å². The Morgan fingerprint density at radius 1 is 0.824 bits per heavy atom. The number of sulfonamides is 1. The summed E-state index contributed by atoms with van der Waals surface area (Å²) in [5, 5.41) is 5.58. The van der Waals surface area contributed by atoms with Crippen molar-refractivity contribution in [3.8, 4) is 0 Å². The standard InChI is InChI=1S/C26H29N3O4S/c1-26(2,3)29-34(32,33)22-16-14-21(15-17-22)27-25(31)23(18-19-10-6-4-7-11-19)28-24(30)20-12-8-5-9-13-20/h4-17,23,29H,18H2,1-3H3,(H,27,31)(H,28,30). The second kappa shape index (κ2) is 10.6. The highest BCUT2D eigenvalue weighted by Gasteiger charge is 2.24. The minimum Gasteiger partial charge on any atom is -0.340 e. The number of carbonyl (C=O) groups excluding carboxylic acids is 2. The number of amides is 2. The zero-order chi connectivity index (χ0) is 24.8. The van der Waals surface area contributed by atoms with E-state index in [0.29, 0.717) is 17.7 Å². The van der Waals surface area contributed by atoms with Crippen LogP contribution in [0.5, 0.6) is 0 Å². The molecule has 0 spiro atoms. The largest absolute Gasteiger partial charge is 0.340 e. The molecule has 0 aliphatic heterocycles. The zero-order valence-corrected chi connectivity index (χ0v) is 20.2. The Hall–Kier alpha value is -3.49. The van der Waals surface area contributed by atoms with Crippen LogP contribution >= 0.6 is 0 Å². The highest BCUT2D eigenvalue weighted by atomic mass is 32.2. The summed E-state index contributed by atoms with van der Waals surface area (Å²) in [6.07, 6.45) is 0.299. The Labute approximate surface area is 200 Å². The van der Waals surface area contributed by atoms with Crippen molar-refractivity contribution in [3.05, 3.63) is 96.1 Å². The lowest BCUT2D eigenvalue weighted by Crippen LogP contribution is -2.45. The van der Waals surface area contributed by atoms with E-state index >= 15 is 0 Å². The van der Waals surface area contributed by atoms with Crippen LogP contribution in [0.25, 0.3) is 0 Å². The predicted octanol–water partition coefficient (Wildman–Crippen LogP) is 3.74. The van der Waals surface area contributed by atoms with Gasteiger partial charge in [0.15, 0.2) is 0 Å². The molecule has 8 heteroatoms. The lowest BCUT2D eigenvalue weighted by molar-refractivity contribution is -0.118. The smallest absolute Gasteiger partial charge is 0.251 e. The summed E-state index contributed by atoms with van der Waals surface area (Å²) >= 11 is 0. The molecule has 3 rings (SSSR count). The quantitative estimate of drug-likeness (QED) is 0.458. The molecule has 34 heavy (non-hydrogen) atoms. The minimum atomic E-state index is -3.69. The molecule has 1 atom stereocenters. The van der Waals surface area contributed by atoms with Crippen LogP contribution in [0.15, 0.2) is 89.8 Å². The van der Waals surface area contributed by atoms with Crippen LogP contribution in [0.2, 0.25) is 0 Å². The van der Waals surface area contributed by atoms with Gasteiger partial charge in [-0.15, -0.1) is 0 Å². The average molecular weight is 480 g/mol. The number of hydrogen-bond donors (Lipinski definition) is 3. The first-order valence-electron chi connectivity index (χ1n) is 10.9. The van der Waals surface area contributed by atoms with Crippen LogP contribution in [0, 0.1) is 0 Å². The Morgan fingerprint density at radius 2 is 1.38 bits per heavy atom. The summed E-state index contributed by atoms with van der Waals surface area (Å²) in [7, 11) is -3.69. The van der Waals surface area contributed by atoms with Gasteiger partial charge in [-0.3, -0.25) is 9.59 Å². The Bertz CT molecular complexity index is 1220. The molecule has 1 unspecified atom stereocenters. The molecular weight excluding hydrogens is 450 g/mol. The van der Waals surface area contributed by atoms with Gasteiger partial charge in [0, 0.05) is 23.2 Å². The van der Waals surface area contributed by atoms with Gasteiger partial charge in [0.05, 0.1) is 4.90 Å². The van der Waals surface area contributed by atoms with Crippen LogP contribution in [0.3, 0.4) is 0 Å². The van der Waals surface area contributed by atoms with Gasteiger partial charge in [0.2, 0.25) is 15.9 Å². The molecule has 3 aromatic rings. The monoisotopic (exact) mass is 479 g/mol. The van der Waals surface area contributed by atoms with Gasteiger partial charge in [-0.1, -0.05) is 48.5 Å². The van der Waals surface area contributed by atoms with E-state index in [-0.39, 0.29) is 10.8 Å². The molecule has 2 amide bonds. The molecular formula is C26H29N3O4S. The predicted molar refractivity (Wildman–Crippen MR) is 133 cm³/mol. The summed E-state index contributed by atoms with van der Waals surface area (Å²) in [4.78, 5) is 25.9. The van der Waals surface area contributed by atoms with Crippen molar-refractivity contribution in [3.63, 3.8) is 0 Å². The summed E-state index contributed by atoms with van der Waals surface area (Å²) < 4.78 is 27.6. The van der Waals surface area contributed by atoms with Crippen LogP contribution in [-0.4, -0.2) is 31.8 Å². The molecule has 0 fully saturated rings. The zero-order valence-electron chi connectivity index (χ0n) is 19.4. The summed E-state index contributed by atoms with van der Waals surface area (Å²) in [6, 6.07) is 23.1. The molecule has 0 saturated carbocycles. The van der Waals surface area contributed by atoms with Crippen molar-refractivity contribution in [2.75, 3.05) is 5.32 Å². The fourth-order valence-electron chi connectivity index (χ4n) is 3.30. The second-order valence-corrected chi connectivity index (χ2v) is 10.6. The van der Waals surface area contributed by atoms with Gasteiger partial charge in [-0.25, -0.2) is 13.1 Å². The van der Waals surface area contributed by atoms with E-state index in [2.05, 4.69) is 15.4 Å². The highest BCUT2D eigenvalue weighted by Crippen LogP contribution is 2.17. The molecule has 0 aliphatic rings. The molecule has 0 saturated heterocycles. The number of hydrogen-bond acceptors (Lipinski definition) is 4. The van der Waals surface area contributed by atoms with Gasteiger partial charge in [0.1, 0.15) is 6.04 Å². The van der Waals surface area contributed by atoms with Crippen molar-refractivity contribution in [1.82, 2.24) is 10.0 Å². The lowest BCUT2D eigenvalue weighted by atomic mass is 10.0. The number of rotatable bonds is 8. The fraction of sp³-hybridized carbons (Fsp3) is 0.231. The van der Waals surface area contributed by atoms with Crippen LogP contribution in [0.4, 0.5) is 5.69 Å². The van der Waals surface area contributed by atoms with E-state index in [0.717, 1.165) is 5.56 Å². The number of benzene rings is 3. The number of anilines is 1.